The van der Waals surface area contributed by atoms with Gasteiger partial charge in [-0.1, -0.05) is 30.3 Å². The standard InChI is InChI=1S/C23H24N6O/c1-14-16-8-5-9-18(16)27-19(26-14)11-13-24-22-17-10-12-25-23(30)20(17)28-21(29-22)15-6-3-2-4-7-15/h2-4,6-7H,5,8-13H2,1H3,(H,25,30)(H,24,28,29). The minimum absolute atomic E-state index is 0.142. The van der Waals surface area contributed by atoms with Crippen molar-refractivity contribution in [2.45, 2.75) is 39.0 Å². The lowest BCUT2D eigenvalue weighted by atomic mass is 10.1. The van der Waals surface area contributed by atoms with Crippen molar-refractivity contribution in [1.29, 1.82) is 0 Å². The number of carbonyl (C=O) groups excluding carboxylic acids is 1. The average Bonchev–Trinajstić information content (AvgIpc) is 3.24. The molecule has 0 saturated heterocycles. The van der Waals surface area contributed by atoms with Crippen LogP contribution < -0.4 is 10.6 Å². The molecule has 0 unspecified atom stereocenters. The highest BCUT2D eigenvalue weighted by Crippen LogP contribution is 2.25. The second-order valence-electron chi connectivity index (χ2n) is 7.78. The van der Waals surface area contributed by atoms with Crippen LogP contribution in [0.3, 0.4) is 0 Å². The van der Waals surface area contributed by atoms with E-state index in [4.69, 9.17) is 15.0 Å². The monoisotopic (exact) mass is 400 g/mol. The van der Waals surface area contributed by atoms with Crippen LogP contribution in [-0.2, 0) is 25.7 Å². The Morgan fingerprint density at radius 2 is 1.87 bits per heavy atom. The van der Waals surface area contributed by atoms with Crippen LogP contribution in [0, 0.1) is 6.92 Å². The molecule has 1 aliphatic carbocycles. The summed E-state index contributed by atoms with van der Waals surface area (Å²) in [7, 11) is 0. The lowest BCUT2D eigenvalue weighted by Crippen LogP contribution is -2.34. The molecule has 0 fully saturated rings. The van der Waals surface area contributed by atoms with Gasteiger partial charge in [0.1, 0.15) is 17.3 Å². The van der Waals surface area contributed by atoms with Crippen molar-refractivity contribution in [3.05, 3.63) is 64.4 Å². The number of aryl methyl sites for hydroxylation is 2. The molecule has 2 N–H and O–H groups in total. The van der Waals surface area contributed by atoms with Gasteiger partial charge in [-0.25, -0.2) is 19.9 Å². The van der Waals surface area contributed by atoms with Crippen LogP contribution >= 0.6 is 0 Å². The molecule has 30 heavy (non-hydrogen) atoms. The fourth-order valence-corrected chi connectivity index (χ4v) is 4.24. The molecule has 152 valence electrons. The summed E-state index contributed by atoms with van der Waals surface area (Å²) in [5.41, 5.74) is 5.87. The van der Waals surface area contributed by atoms with Crippen molar-refractivity contribution in [1.82, 2.24) is 25.3 Å². The molecule has 2 aromatic heterocycles. The Kier molecular flexibility index (Phi) is 4.86. The molecule has 1 aromatic carbocycles. The number of nitrogens with one attached hydrogen (secondary N) is 2. The highest BCUT2D eigenvalue weighted by atomic mass is 16.1. The fourth-order valence-electron chi connectivity index (χ4n) is 4.24. The van der Waals surface area contributed by atoms with Crippen molar-refractivity contribution in [2.24, 2.45) is 0 Å². The number of aromatic nitrogens is 4. The quantitative estimate of drug-likeness (QED) is 0.684. The van der Waals surface area contributed by atoms with Gasteiger partial charge in [-0.3, -0.25) is 4.79 Å². The number of anilines is 1. The summed E-state index contributed by atoms with van der Waals surface area (Å²) in [6.45, 7) is 3.33. The van der Waals surface area contributed by atoms with Crippen LogP contribution in [0.4, 0.5) is 5.82 Å². The first kappa shape index (κ1) is 18.7. The molecule has 3 heterocycles. The summed E-state index contributed by atoms with van der Waals surface area (Å²) < 4.78 is 0. The summed E-state index contributed by atoms with van der Waals surface area (Å²) in [4.78, 5) is 31.2. The van der Waals surface area contributed by atoms with Gasteiger partial charge in [0.25, 0.3) is 5.91 Å². The SMILES string of the molecule is Cc1nc(CCNc2nc(-c3ccccc3)nc3c2CCNC3=O)nc2c1CCC2. The van der Waals surface area contributed by atoms with Gasteiger partial charge in [-0.15, -0.1) is 0 Å². The van der Waals surface area contributed by atoms with E-state index in [9.17, 15) is 4.79 Å². The maximum atomic E-state index is 12.4. The van der Waals surface area contributed by atoms with Crippen molar-refractivity contribution >= 4 is 11.7 Å². The summed E-state index contributed by atoms with van der Waals surface area (Å²) in [5.74, 6) is 2.01. The molecule has 7 nitrogen and oxygen atoms in total. The van der Waals surface area contributed by atoms with Crippen molar-refractivity contribution < 1.29 is 4.79 Å². The normalized spacial score (nSPS) is 14.8. The van der Waals surface area contributed by atoms with E-state index >= 15 is 0 Å². The van der Waals surface area contributed by atoms with Crippen LogP contribution in [0.2, 0.25) is 0 Å². The van der Waals surface area contributed by atoms with Gasteiger partial charge in [0.05, 0.1) is 0 Å². The van der Waals surface area contributed by atoms with Crippen LogP contribution in [0.15, 0.2) is 30.3 Å². The smallest absolute Gasteiger partial charge is 0.270 e. The van der Waals surface area contributed by atoms with Gasteiger partial charge in [0.2, 0.25) is 0 Å². The van der Waals surface area contributed by atoms with Crippen LogP contribution in [0.1, 0.15) is 45.2 Å². The first-order valence-corrected chi connectivity index (χ1v) is 10.5. The van der Waals surface area contributed by atoms with E-state index in [1.165, 1.54) is 17.7 Å². The zero-order valence-corrected chi connectivity index (χ0v) is 17.0. The van der Waals surface area contributed by atoms with E-state index in [0.717, 1.165) is 41.3 Å². The Hall–Kier alpha value is -3.35. The third-order valence-electron chi connectivity index (χ3n) is 5.74. The number of hydrogen-bond acceptors (Lipinski definition) is 6. The van der Waals surface area contributed by atoms with Crippen molar-refractivity contribution in [2.75, 3.05) is 18.4 Å². The summed E-state index contributed by atoms with van der Waals surface area (Å²) in [5, 5.41) is 6.31. The minimum atomic E-state index is -0.142. The summed E-state index contributed by atoms with van der Waals surface area (Å²) in [6, 6.07) is 9.74. The van der Waals surface area contributed by atoms with Crippen LogP contribution in [0.25, 0.3) is 11.4 Å². The second-order valence-corrected chi connectivity index (χ2v) is 7.78. The zero-order chi connectivity index (χ0) is 20.5. The molecule has 2 aliphatic rings. The molecule has 7 heteroatoms. The molecule has 0 radical (unpaired) electrons. The number of nitrogens with zero attached hydrogens (tertiary/aromatic N) is 4. The van der Waals surface area contributed by atoms with Gasteiger partial charge in [-0.2, -0.15) is 0 Å². The highest BCUT2D eigenvalue weighted by molar-refractivity contribution is 5.96. The molecule has 1 amide bonds. The third-order valence-corrected chi connectivity index (χ3v) is 5.74. The molecular weight excluding hydrogens is 376 g/mol. The Bertz CT molecular complexity index is 1110. The topological polar surface area (TPSA) is 92.7 Å². The second kappa shape index (κ2) is 7.82. The third kappa shape index (κ3) is 3.51. The predicted octanol–water partition coefficient (Wildman–Crippen LogP) is 2.67. The molecule has 0 atom stereocenters. The van der Waals surface area contributed by atoms with E-state index in [-0.39, 0.29) is 5.91 Å². The molecular formula is C23H24N6O. The van der Waals surface area contributed by atoms with E-state index in [2.05, 4.69) is 22.5 Å². The molecule has 0 saturated carbocycles. The van der Waals surface area contributed by atoms with Crippen LogP contribution in [0.5, 0.6) is 0 Å². The number of hydrogen-bond donors (Lipinski definition) is 2. The molecule has 0 bridgehead atoms. The fraction of sp³-hybridized carbons (Fsp3) is 0.348. The zero-order valence-electron chi connectivity index (χ0n) is 17.0. The minimum Gasteiger partial charge on any atom is -0.369 e. The van der Waals surface area contributed by atoms with Gasteiger partial charge in [-0.05, 0) is 38.2 Å². The van der Waals surface area contributed by atoms with E-state index in [1.54, 1.807) is 0 Å². The number of rotatable bonds is 5. The predicted molar refractivity (Wildman–Crippen MR) is 114 cm³/mol. The number of amides is 1. The first-order chi connectivity index (χ1) is 14.7. The first-order valence-electron chi connectivity index (χ1n) is 10.5. The van der Waals surface area contributed by atoms with E-state index in [0.29, 0.717) is 37.4 Å². The largest absolute Gasteiger partial charge is 0.369 e. The van der Waals surface area contributed by atoms with Gasteiger partial charge in [0, 0.05) is 42.0 Å². The van der Waals surface area contributed by atoms with Gasteiger partial charge >= 0.3 is 0 Å². The molecule has 5 rings (SSSR count). The maximum absolute atomic E-state index is 12.4. The summed E-state index contributed by atoms with van der Waals surface area (Å²) in [6.07, 6.45) is 4.74. The van der Waals surface area contributed by atoms with Crippen LogP contribution in [-0.4, -0.2) is 38.9 Å². The Labute approximate surface area is 175 Å². The van der Waals surface area contributed by atoms with Gasteiger partial charge < -0.3 is 10.6 Å². The Morgan fingerprint density at radius 3 is 2.73 bits per heavy atom. The maximum Gasteiger partial charge on any atom is 0.270 e. The number of fused-ring (bicyclic) bond motifs is 2. The highest BCUT2D eigenvalue weighted by Gasteiger charge is 2.24. The average molecular weight is 400 g/mol. The lowest BCUT2D eigenvalue weighted by molar-refractivity contribution is 0.0940. The van der Waals surface area contributed by atoms with Gasteiger partial charge in [0.15, 0.2) is 5.82 Å². The molecule has 0 spiro atoms. The number of benzene rings is 1. The van der Waals surface area contributed by atoms with E-state index < -0.39 is 0 Å². The van der Waals surface area contributed by atoms with E-state index in [1.807, 2.05) is 30.3 Å². The molecule has 1 aliphatic heterocycles. The van der Waals surface area contributed by atoms with Crippen molar-refractivity contribution in [3.8, 4) is 11.4 Å². The van der Waals surface area contributed by atoms with Crippen molar-refractivity contribution in [3.63, 3.8) is 0 Å². The lowest BCUT2D eigenvalue weighted by Gasteiger charge is -2.20. The Balaban J connectivity index is 1.40. The Morgan fingerprint density at radius 1 is 1.00 bits per heavy atom. The summed E-state index contributed by atoms with van der Waals surface area (Å²) >= 11 is 0. The number of carbonyl (C=O) groups is 1. The molecule has 3 aromatic rings.